The van der Waals surface area contributed by atoms with Crippen LogP contribution in [0.5, 0.6) is 0 Å². The minimum atomic E-state index is 0.733. The molecule has 2 aromatic rings. The number of hydrogen-bond acceptors (Lipinski definition) is 2. The van der Waals surface area contributed by atoms with Crippen LogP contribution in [0.1, 0.15) is 31.4 Å². The maximum Gasteiger partial charge on any atom is 0.134 e. The molecule has 0 radical (unpaired) electrons. The third-order valence-corrected chi connectivity index (χ3v) is 4.75. The van der Waals surface area contributed by atoms with E-state index in [0.29, 0.717) is 0 Å². The predicted molar refractivity (Wildman–Crippen MR) is 72.3 cm³/mol. The van der Waals surface area contributed by atoms with Gasteiger partial charge in [-0.2, -0.15) is 0 Å². The summed E-state index contributed by atoms with van der Waals surface area (Å²) in [6.07, 6.45) is 5.73. The van der Waals surface area contributed by atoms with E-state index in [2.05, 4.69) is 23.5 Å². The van der Waals surface area contributed by atoms with Gasteiger partial charge in [-0.05, 0) is 43.2 Å². The van der Waals surface area contributed by atoms with Gasteiger partial charge in [-0.15, -0.1) is 0 Å². The Kier molecular flexibility index (Phi) is 2.44. The number of fused-ring (bicyclic) bond motifs is 3. The van der Waals surface area contributed by atoms with E-state index >= 15 is 0 Å². The van der Waals surface area contributed by atoms with Gasteiger partial charge in [0.1, 0.15) is 11.3 Å². The molecule has 0 saturated heterocycles. The van der Waals surface area contributed by atoms with Crippen LogP contribution < -0.4 is 5.32 Å². The fraction of sp³-hybridized carbons (Fsp3) is 0.500. The third-order valence-electron chi connectivity index (χ3n) is 4.75. The topological polar surface area (TPSA) is 25.2 Å². The van der Waals surface area contributed by atoms with Crippen molar-refractivity contribution >= 4 is 11.0 Å². The van der Waals surface area contributed by atoms with Crippen molar-refractivity contribution in [2.75, 3.05) is 0 Å². The van der Waals surface area contributed by atoms with Gasteiger partial charge in [0.05, 0.1) is 6.54 Å². The van der Waals surface area contributed by atoms with Crippen LogP contribution in [0.4, 0.5) is 0 Å². The first-order valence-electron chi connectivity index (χ1n) is 7.09. The fourth-order valence-corrected chi connectivity index (χ4v) is 3.85. The number of rotatable bonds is 3. The molecule has 2 heteroatoms. The molecule has 2 nitrogen and oxygen atoms in total. The molecule has 3 unspecified atom stereocenters. The molecule has 2 aliphatic carbocycles. The summed E-state index contributed by atoms with van der Waals surface area (Å²) in [7, 11) is 0. The van der Waals surface area contributed by atoms with Gasteiger partial charge in [0.25, 0.3) is 0 Å². The summed E-state index contributed by atoms with van der Waals surface area (Å²) in [6.45, 7) is 0.878. The highest BCUT2D eigenvalue weighted by Gasteiger charge is 2.39. The van der Waals surface area contributed by atoms with Crippen LogP contribution in [-0.2, 0) is 6.54 Å². The molecule has 1 aromatic carbocycles. The average molecular weight is 241 g/mol. The molecule has 2 aliphatic rings. The normalized spacial score (nSPS) is 30.3. The maximum atomic E-state index is 5.85. The molecule has 3 atom stereocenters. The molecular weight excluding hydrogens is 222 g/mol. The molecule has 0 amide bonds. The molecular formula is C16H19NO. The number of benzene rings is 1. The van der Waals surface area contributed by atoms with Crippen LogP contribution >= 0.6 is 0 Å². The van der Waals surface area contributed by atoms with Gasteiger partial charge >= 0.3 is 0 Å². The molecule has 1 aromatic heterocycles. The van der Waals surface area contributed by atoms with E-state index in [1.165, 1.54) is 31.1 Å². The van der Waals surface area contributed by atoms with Crippen molar-refractivity contribution in [3.63, 3.8) is 0 Å². The van der Waals surface area contributed by atoms with Crippen LogP contribution in [0, 0.1) is 11.8 Å². The van der Waals surface area contributed by atoms with Gasteiger partial charge in [-0.3, -0.25) is 0 Å². The SMILES string of the molecule is c1ccc2oc(CNC3CC4CCC3C4)cc2c1. The fourth-order valence-electron chi connectivity index (χ4n) is 3.85. The van der Waals surface area contributed by atoms with Gasteiger partial charge in [-0.25, -0.2) is 0 Å². The Morgan fingerprint density at radius 1 is 1.17 bits per heavy atom. The third kappa shape index (κ3) is 1.76. The molecule has 1 N–H and O–H groups in total. The Bertz CT molecular complexity index is 526. The van der Waals surface area contributed by atoms with E-state index in [0.717, 1.165) is 35.8 Å². The van der Waals surface area contributed by atoms with Crippen molar-refractivity contribution in [1.29, 1.82) is 0 Å². The van der Waals surface area contributed by atoms with E-state index < -0.39 is 0 Å². The zero-order chi connectivity index (χ0) is 11.9. The molecule has 2 bridgehead atoms. The van der Waals surface area contributed by atoms with Crippen molar-refractivity contribution in [1.82, 2.24) is 5.32 Å². The summed E-state index contributed by atoms with van der Waals surface area (Å²) in [5.41, 5.74) is 1.00. The summed E-state index contributed by atoms with van der Waals surface area (Å²) in [6, 6.07) is 11.1. The van der Waals surface area contributed by atoms with E-state index in [1.807, 2.05) is 12.1 Å². The van der Waals surface area contributed by atoms with Gasteiger partial charge in [-0.1, -0.05) is 24.6 Å². The van der Waals surface area contributed by atoms with Crippen LogP contribution in [0.15, 0.2) is 34.7 Å². The molecule has 94 valence electrons. The average Bonchev–Trinajstić information content (AvgIpc) is 3.10. The first-order valence-corrected chi connectivity index (χ1v) is 7.09. The highest BCUT2D eigenvalue weighted by atomic mass is 16.3. The minimum Gasteiger partial charge on any atom is -0.460 e. The molecule has 0 spiro atoms. The van der Waals surface area contributed by atoms with E-state index in [9.17, 15) is 0 Å². The second-order valence-electron chi connectivity index (χ2n) is 5.91. The number of nitrogens with one attached hydrogen (secondary N) is 1. The van der Waals surface area contributed by atoms with Gasteiger partial charge in [0.2, 0.25) is 0 Å². The maximum absolute atomic E-state index is 5.85. The Morgan fingerprint density at radius 2 is 2.11 bits per heavy atom. The van der Waals surface area contributed by atoms with Crippen LogP contribution in [-0.4, -0.2) is 6.04 Å². The van der Waals surface area contributed by atoms with E-state index in [-0.39, 0.29) is 0 Å². The second-order valence-corrected chi connectivity index (χ2v) is 5.91. The quantitative estimate of drug-likeness (QED) is 0.886. The predicted octanol–water partition coefficient (Wildman–Crippen LogP) is 3.71. The van der Waals surface area contributed by atoms with E-state index in [4.69, 9.17) is 4.42 Å². The number of hydrogen-bond donors (Lipinski definition) is 1. The highest BCUT2D eigenvalue weighted by Crippen LogP contribution is 2.44. The lowest BCUT2D eigenvalue weighted by molar-refractivity contribution is 0.340. The molecule has 4 rings (SSSR count). The first-order chi connectivity index (χ1) is 8.88. The van der Waals surface area contributed by atoms with Crippen LogP contribution in [0.2, 0.25) is 0 Å². The number of furan rings is 1. The van der Waals surface area contributed by atoms with Crippen LogP contribution in [0.3, 0.4) is 0 Å². The lowest BCUT2D eigenvalue weighted by Gasteiger charge is -2.22. The number of para-hydroxylation sites is 1. The van der Waals surface area contributed by atoms with Crippen molar-refractivity contribution < 1.29 is 4.42 Å². The molecule has 0 aliphatic heterocycles. The summed E-state index contributed by atoms with van der Waals surface area (Å²) >= 11 is 0. The Labute approximate surface area is 107 Å². The molecule has 1 heterocycles. The van der Waals surface area contributed by atoms with Crippen molar-refractivity contribution in [3.8, 4) is 0 Å². The first kappa shape index (κ1) is 10.6. The second kappa shape index (κ2) is 4.13. The standard InChI is InChI=1S/C16H19NO/c1-2-4-16-13(3-1)9-14(18-16)10-17-15-8-11-5-6-12(15)7-11/h1-4,9,11-12,15,17H,5-8,10H2. The zero-order valence-corrected chi connectivity index (χ0v) is 10.6. The van der Waals surface area contributed by atoms with Crippen molar-refractivity contribution in [3.05, 3.63) is 36.1 Å². The van der Waals surface area contributed by atoms with Crippen LogP contribution in [0.25, 0.3) is 11.0 Å². The highest BCUT2D eigenvalue weighted by molar-refractivity contribution is 5.77. The summed E-state index contributed by atoms with van der Waals surface area (Å²) in [5, 5.41) is 4.91. The Balaban J connectivity index is 1.45. The monoisotopic (exact) mass is 241 g/mol. The largest absolute Gasteiger partial charge is 0.460 e. The Hall–Kier alpha value is -1.28. The molecule has 2 fully saturated rings. The summed E-state index contributed by atoms with van der Waals surface area (Å²) in [4.78, 5) is 0. The smallest absolute Gasteiger partial charge is 0.134 e. The molecule has 2 saturated carbocycles. The Morgan fingerprint density at radius 3 is 2.89 bits per heavy atom. The van der Waals surface area contributed by atoms with Gasteiger partial charge in [0, 0.05) is 11.4 Å². The summed E-state index contributed by atoms with van der Waals surface area (Å²) in [5.74, 6) is 3.00. The summed E-state index contributed by atoms with van der Waals surface area (Å²) < 4.78 is 5.85. The van der Waals surface area contributed by atoms with Gasteiger partial charge < -0.3 is 9.73 Å². The zero-order valence-electron chi connectivity index (χ0n) is 10.6. The lowest BCUT2D eigenvalue weighted by Crippen LogP contribution is -2.33. The molecule has 18 heavy (non-hydrogen) atoms. The van der Waals surface area contributed by atoms with Gasteiger partial charge in [0.15, 0.2) is 0 Å². The van der Waals surface area contributed by atoms with Crippen molar-refractivity contribution in [2.24, 2.45) is 11.8 Å². The van der Waals surface area contributed by atoms with E-state index in [1.54, 1.807) is 0 Å². The lowest BCUT2D eigenvalue weighted by atomic mass is 9.95. The minimum absolute atomic E-state index is 0.733. The van der Waals surface area contributed by atoms with Crippen molar-refractivity contribution in [2.45, 2.75) is 38.3 Å².